The first kappa shape index (κ1) is 19.6. The first-order valence-electron chi connectivity index (χ1n) is 9.02. The average molecular weight is 352 g/mol. The van der Waals surface area contributed by atoms with Crippen molar-refractivity contribution in [1.82, 2.24) is 9.88 Å². The Hall–Kier alpha value is -1.69. The zero-order valence-electron chi connectivity index (χ0n) is 15.5. The number of aliphatic hydroxyl groups is 1. The Bertz CT molecular complexity index is 586. The van der Waals surface area contributed by atoms with E-state index in [9.17, 15) is 14.3 Å². The van der Waals surface area contributed by atoms with E-state index in [-0.39, 0.29) is 6.04 Å². The van der Waals surface area contributed by atoms with Crippen LogP contribution in [0.1, 0.15) is 71.5 Å². The van der Waals surface area contributed by atoms with Gasteiger partial charge in [-0.05, 0) is 52.5 Å². The van der Waals surface area contributed by atoms with Crippen molar-refractivity contribution in [2.75, 3.05) is 0 Å². The largest absolute Gasteiger partial charge is 0.444 e. The third kappa shape index (κ3) is 5.14. The zero-order valence-corrected chi connectivity index (χ0v) is 15.5. The van der Waals surface area contributed by atoms with Gasteiger partial charge in [-0.25, -0.2) is 9.18 Å². The van der Waals surface area contributed by atoms with Gasteiger partial charge >= 0.3 is 6.09 Å². The molecule has 0 spiro atoms. The molecule has 3 atom stereocenters. The molecule has 0 unspecified atom stereocenters. The third-order valence-corrected chi connectivity index (χ3v) is 4.45. The minimum atomic E-state index is -0.990. The van der Waals surface area contributed by atoms with E-state index in [4.69, 9.17) is 4.74 Å². The highest BCUT2D eigenvalue weighted by molar-refractivity contribution is 5.69. The Morgan fingerprint density at radius 1 is 1.44 bits per heavy atom. The quantitative estimate of drug-likeness (QED) is 0.881. The second-order valence-corrected chi connectivity index (χ2v) is 7.71. The molecular formula is C19H29FN2O3. The summed E-state index contributed by atoms with van der Waals surface area (Å²) in [7, 11) is 0. The predicted molar refractivity (Wildman–Crippen MR) is 93.6 cm³/mol. The molecular weight excluding hydrogens is 323 g/mol. The number of aliphatic hydroxyl groups excluding tert-OH is 1. The van der Waals surface area contributed by atoms with Crippen LogP contribution in [-0.2, 0) is 4.74 Å². The Morgan fingerprint density at radius 2 is 2.16 bits per heavy atom. The zero-order chi connectivity index (χ0) is 18.6. The van der Waals surface area contributed by atoms with Gasteiger partial charge in [0.25, 0.3) is 0 Å². The van der Waals surface area contributed by atoms with Crippen LogP contribution in [0.4, 0.5) is 9.18 Å². The van der Waals surface area contributed by atoms with Gasteiger partial charge < -0.3 is 9.84 Å². The molecule has 0 saturated carbocycles. The van der Waals surface area contributed by atoms with E-state index in [0.717, 1.165) is 31.9 Å². The Labute approximate surface area is 149 Å². The van der Waals surface area contributed by atoms with Gasteiger partial charge in [0.15, 0.2) is 0 Å². The number of halogens is 1. The van der Waals surface area contributed by atoms with E-state index in [0.29, 0.717) is 12.0 Å². The molecule has 1 saturated heterocycles. The predicted octanol–water partition coefficient (Wildman–Crippen LogP) is 4.21. The normalized spacial score (nSPS) is 22.6. The number of rotatable bonds is 4. The Balaban J connectivity index is 2.29. The first-order valence-corrected chi connectivity index (χ1v) is 9.02. The molecule has 0 bridgehead atoms. The molecule has 1 aliphatic rings. The van der Waals surface area contributed by atoms with Crippen LogP contribution in [0.2, 0.25) is 0 Å². The van der Waals surface area contributed by atoms with Crippen molar-refractivity contribution in [3.8, 4) is 0 Å². The monoisotopic (exact) mass is 352 g/mol. The van der Waals surface area contributed by atoms with Gasteiger partial charge in [0.2, 0.25) is 0 Å². The number of nitrogens with zero attached hydrogens (tertiary/aromatic N) is 2. The minimum absolute atomic E-state index is 0.0229. The summed E-state index contributed by atoms with van der Waals surface area (Å²) in [6.45, 7) is 7.55. The summed E-state index contributed by atoms with van der Waals surface area (Å²) < 4.78 is 19.1. The molecule has 1 aromatic rings. The standard InChI is InChI=1S/C19H29FN2O3/c1-5-7-15-8-6-9-16(22(15)18(24)25-19(2,3)4)17(23)13-10-14(20)12-21-11-13/h10-12,15-17,23H,5-9H2,1-4H3/t15-,16+,17-/m0/s1. The van der Waals surface area contributed by atoms with Crippen LogP contribution in [0.15, 0.2) is 18.5 Å². The molecule has 1 amide bonds. The van der Waals surface area contributed by atoms with Gasteiger partial charge in [-0.1, -0.05) is 13.3 Å². The molecule has 6 heteroatoms. The second kappa shape index (κ2) is 8.13. The summed E-state index contributed by atoms with van der Waals surface area (Å²) >= 11 is 0. The van der Waals surface area contributed by atoms with Crippen molar-refractivity contribution in [3.63, 3.8) is 0 Å². The van der Waals surface area contributed by atoms with Gasteiger partial charge in [0.05, 0.1) is 12.2 Å². The van der Waals surface area contributed by atoms with Crippen molar-refractivity contribution in [2.24, 2.45) is 0 Å². The topological polar surface area (TPSA) is 62.7 Å². The summed E-state index contributed by atoms with van der Waals surface area (Å²) in [5.74, 6) is -0.499. The maximum atomic E-state index is 13.5. The van der Waals surface area contributed by atoms with Gasteiger partial charge in [-0.15, -0.1) is 0 Å². The number of hydrogen-bond donors (Lipinski definition) is 1. The molecule has 5 nitrogen and oxygen atoms in total. The number of hydrogen-bond acceptors (Lipinski definition) is 4. The second-order valence-electron chi connectivity index (χ2n) is 7.71. The summed E-state index contributed by atoms with van der Waals surface area (Å²) in [5.41, 5.74) is -0.225. The molecule has 2 rings (SSSR count). The smallest absolute Gasteiger partial charge is 0.410 e. The van der Waals surface area contributed by atoms with Crippen LogP contribution < -0.4 is 0 Å². The lowest BCUT2D eigenvalue weighted by molar-refractivity contribution is -0.0369. The number of likely N-dealkylation sites (tertiary alicyclic amines) is 1. The Kier molecular flexibility index (Phi) is 6.38. The number of carbonyl (C=O) groups excluding carboxylic acids is 1. The van der Waals surface area contributed by atoms with Crippen molar-refractivity contribution in [1.29, 1.82) is 0 Å². The van der Waals surface area contributed by atoms with Gasteiger partial charge in [0, 0.05) is 17.8 Å². The molecule has 1 aromatic heterocycles. The molecule has 1 N–H and O–H groups in total. The van der Waals surface area contributed by atoms with Crippen LogP contribution in [0.5, 0.6) is 0 Å². The molecule has 0 radical (unpaired) electrons. The highest BCUT2D eigenvalue weighted by atomic mass is 19.1. The van der Waals surface area contributed by atoms with Crippen LogP contribution in [0.25, 0.3) is 0 Å². The van der Waals surface area contributed by atoms with Crippen LogP contribution >= 0.6 is 0 Å². The summed E-state index contributed by atoms with van der Waals surface area (Å²) in [4.78, 5) is 18.3. The van der Waals surface area contributed by atoms with E-state index >= 15 is 0 Å². The Morgan fingerprint density at radius 3 is 2.76 bits per heavy atom. The molecule has 140 valence electrons. The van der Waals surface area contributed by atoms with Gasteiger partial charge in [0.1, 0.15) is 17.5 Å². The highest BCUT2D eigenvalue weighted by Gasteiger charge is 2.40. The number of pyridine rings is 1. The van der Waals surface area contributed by atoms with Crippen molar-refractivity contribution < 1.29 is 19.0 Å². The fraction of sp³-hybridized carbons (Fsp3) is 0.684. The molecule has 1 fully saturated rings. The van der Waals surface area contributed by atoms with Crippen molar-refractivity contribution in [2.45, 2.75) is 83.6 Å². The maximum absolute atomic E-state index is 13.5. The van der Waals surface area contributed by atoms with E-state index < -0.39 is 29.7 Å². The van der Waals surface area contributed by atoms with Crippen LogP contribution in [0.3, 0.4) is 0 Å². The molecule has 1 aliphatic heterocycles. The number of aromatic nitrogens is 1. The number of piperidine rings is 1. The lowest BCUT2D eigenvalue weighted by atomic mass is 9.88. The third-order valence-electron chi connectivity index (χ3n) is 4.45. The van der Waals surface area contributed by atoms with Crippen molar-refractivity contribution in [3.05, 3.63) is 29.8 Å². The molecule has 0 aromatic carbocycles. The van der Waals surface area contributed by atoms with E-state index in [2.05, 4.69) is 11.9 Å². The molecule has 2 heterocycles. The average Bonchev–Trinajstić information content (AvgIpc) is 2.52. The summed E-state index contributed by atoms with van der Waals surface area (Å²) in [5, 5.41) is 10.8. The lowest BCUT2D eigenvalue weighted by Gasteiger charge is -2.44. The van der Waals surface area contributed by atoms with Gasteiger partial charge in [-0.2, -0.15) is 0 Å². The fourth-order valence-electron chi connectivity index (χ4n) is 3.45. The summed E-state index contributed by atoms with van der Waals surface area (Å²) in [6, 6.07) is 0.854. The molecule has 25 heavy (non-hydrogen) atoms. The number of amides is 1. The summed E-state index contributed by atoms with van der Waals surface area (Å²) in [6.07, 6.45) is 5.38. The number of carbonyl (C=O) groups is 1. The van der Waals surface area contributed by atoms with Crippen LogP contribution in [0, 0.1) is 5.82 Å². The maximum Gasteiger partial charge on any atom is 0.410 e. The van der Waals surface area contributed by atoms with Crippen LogP contribution in [-0.4, -0.2) is 38.8 Å². The lowest BCUT2D eigenvalue weighted by Crippen LogP contribution is -2.53. The van der Waals surface area contributed by atoms with E-state index in [1.807, 2.05) is 20.8 Å². The van der Waals surface area contributed by atoms with Crippen molar-refractivity contribution >= 4 is 6.09 Å². The van der Waals surface area contributed by atoms with E-state index in [1.165, 1.54) is 12.3 Å². The first-order chi connectivity index (χ1) is 11.7. The minimum Gasteiger partial charge on any atom is -0.444 e. The van der Waals surface area contributed by atoms with Gasteiger partial charge in [-0.3, -0.25) is 9.88 Å². The number of ether oxygens (including phenoxy) is 1. The fourth-order valence-corrected chi connectivity index (χ4v) is 3.45. The molecule has 0 aliphatic carbocycles. The highest BCUT2D eigenvalue weighted by Crippen LogP contribution is 2.34. The van der Waals surface area contributed by atoms with E-state index in [1.54, 1.807) is 4.90 Å². The SMILES string of the molecule is CCC[C@H]1CCC[C@H]([C@@H](O)c2cncc(F)c2)N1C(=O)OC(C)(C)C.